The largest absolute Gasteiger partial charge is 0.332 e. The first kappa shape index (κ1) is 19.3. The average Bonchev–Trinajstić information content (AvgIpc) is 3.39. The number of urea groups is 1. The van der Waals surface area contributed by atoms with Crippen LogP contribution in [0.1, 0.15) is 11.3 Å². The topological polar surface area (TPSA) is 89.1 Å². The number of fused-ring (bicyclic) bond motifs is 1. The second kappa shape index (κ2) is 7.88. The lowest BCUT2D eigenvalue weighted by atomic mass is 10.1. The molecule has 0 saturated carbocycles. The summed E-state index contributed by atoms with van der Waals surface area (Å²) in [4.78, 5) is 19.1. The molecular formula is C22H19ClN6O2. The van der Waals surface area contributed by atoms with Gasteiger partial charge in [-0.15, -0.1) is 0 Å². The molecule has 156 valence electrons. The standard InChI is InChI=1S/C22H19ClN6O2/c1-28-18-10-11-29(22(30)24-16-9-5-8-15(23)12-16)13-17(18)19(26-28)21-25-20(27-31-21)14-6-3-2-4-7-14/h2-9,12H,10-11,13H2,1H3,(H,24,30). The monoisotopic (exact) mass is 434 g/mol. The number of hydrogen-bond donors (Lipinski definition) is 1. The fraction of sp³-hybridized carbons (Fsp3) is 0.182. The van der Waals surface area contributed by atoms with Crippen LogP contribution in [0.3, 0.4) is 0 Å². The number of nitrogens with one attached hydrogen (secondary N) is 1. The molecule has 2 aromatic heterocycles. The van der Waals surface area contributed by atoms with Gasteiger partial charge < -0.3 is 14.7 Å². The van der Waals surface area contributed by atoms with Gasteiger partial charge in [0.1, 0.15) is 0 Å². The number of nitrogens with zero attached hydrogens (tertiary/aromatic N) is 5. The van der Waals surface area contributed by atoms with Crippen LogP contribution in [0, 0.1) is 0 Å². The maximum atomic E-state index is 12.8. The molecule has 8 nitrogen and oxygen atoms in total. The van der Waals surface area contributed by atoms with Crippen LogP contribution in [0.5, 0.6) is 0 Å². The number of halogens is 1. The molecule has 3 heterocycles. The third-order valence-electron chi connectivity index (χ3n) is 5.27. The Morgan fingerprint density at radius 2 is 2.00 bits per heavy atom. The van der Waals surface area contributed by atoms with Gasteiger partial charge >= 0.3 is 6.03 Å². The van der Waals surface area contributed by atoms with E-state index in [0.717, 1.165) is 16.8 Å². The van der Waals surface area contributed by atoms with E-state index in [2.05, 4.69) is 20.6 Å². The Bertz CT molecular complexity index is 1250. The number of aromatic nitrogens is 4. The summed E-state index contributed by atoms with van der Waals surface area (Å²) < 4.78 is 7.34. The molecule has 5 rings (SSSR count). The van der Waals surface area contributed by atoms with Gasteiger partial charge in [0.2, 0.25) is 5.82 Å². The van der Waals surface area contributed by atoms with Gasteiger partial charge in [-0.3, -0.25) is 4.68 Å². The van der Waals surface area contributed by atoms with Gasteiger partial charge in [-0.1, -0.05) is 53.2 Å². The fourth-order valence-electron chi connectivity index (χ4n) is 3.73. The lowest BCUT2D eigenvalue weighted by Crippen LogP contribution is -2.39. The van der Waals surface area contributed by atoms with E-state index in [0.29, 0.717) is 47.6 Å². The van der Waals surface area contributed by atoms with Crippen LogP contribution in [0.2, 0.25) is 5.02 Å². The molecule has 2 aromatic carbocycles. The highest BCUT2D eigenvalue weighted by Crippen LogP contribution is 2.30. The van der Waals surface area contributed by atoms with E-state index >= 15 is 0 Å². The number of carbonyl (C=O) groups excluding carboxylic acids is 1. The van der Waals surface area contributed by atoms with E-state index in [1.165, 1.54) is 0 Å². The molecule has 0 radical (unpaired) electrons. The zero-order chi connectivity index (χ0) is 21.4. The summed E-state index contributed by atoms with van der Waals surface area (Å²) in [5, 5.41) is 12.2. The Morgan fingerprint density at radius 1 is 1.16 bits per heavy atom. The third kappa shape index (κ3) is 3.77. The van der Waals surface area contributed by atoms with Gasteiger partial charge in [-0.05, 0) is 18.2 Å². The van der Waals surface area contributed by atoms with E-state index < -0.39 is 0 Å². The van der Waals surface area contributed by atoms with Gasteiger partial charge in [0, 0.05) is 47.5 Å². The highest BCUT2D eigenvalue weighted by molar-refractivity contribution is 6.30. The molecule has 2 amide bonds. The Morgan fingerprint density at radius 3 is 2.81 bits per heavy atom. The first-order valence-corrected chi connectivity index (χ1v) is 10.2. The van der Waals surface area contributed by atoms with Crippen LogP contribution in [0.15, 0.2) is 59.1 Å². The molecule has 1 aliphatic heterocycles. The smallest absolute Gasteiger partial charge is 0.322 e. The molecule has 0 atom stereocenters. The van der Waals surface area contributed by atoms with E-state index in [4.69, 9.17) is 16.1 Å². The van der Waals surface area contributed by atoms with Gasteiger partial charge in [0.15, 0.2) is 5.69 Å². The summed E-state index contributed by atoms with van der Waals surface area (Å²) in [7, 11) is 1.89. The quantitative estimate of drug-likeness (QED) is 0.516. The van der Waals surface area contributed by atoms with Crippen molar-refractivity contribution < 1.29 is 9.32 Å². The summed E-state index contributed by atoms with van der Waals surface area (Å²) in [5.41, 5.74) is 4.09. The molecule has 0 spiro atoms. The highest BCUT2D eigenvalue weighted by atomic mass is 35.5. The zero-order valence-electron chi connectivity index (χ0n) is 16.7. The number of benzene rings is 2. The van der Waals surface area contributed by atoms with Crippen molar-refractivity contribution in [2.45, 2.75) is 13.0 Å². The normalized spacial score (nSPS) is 13.2. The number of carbonyl (C=O) groups is 1. The van der Waals surface area contributed by atoms with Crippen molar-refractivity contribution in [3.05, 3.63) is 70.9 Å². The maximum Gasteiger partial charge on any atom is 0.322 e. The molecule has 0 aliphatic carbocycles. The lowest BCUT2D eigenvalue weighted by Gasteiger charge is -2.27. The number of anilines is 1. The maximum absolute atomic E-state index is 12.8. The Kier molecular flexibility index (Phi) is 4.91. The molecule has 4 aromatic rings. The summed E-state index contributed by atoms with van der Waals surface area (Å²) in [5.74, 6) is 0.842. The molecular weight excluding hydrogens is 416 g/mol. The van der Waals surface area contributed by atoms with E-state index in [9.17, 15) is 4.79 Å². The van der Waals surface area contributed by atoms with Crippen molar-refractivity contribution in [2.24, 2.45) is 7.05 Å². The van der Waals surface area contributed by atoms with Crippen LogP contribution < -0.4 is 5.32 Å². The molecule has 0 bridgehead atoms. The second-order valence-corrected chi connectivity index (χ2v) is 7.74. The van der Waals surface area contributed by atoms with Crippen molar-refractivity contribution in [2.75, 3.05) is 11.9 Å². The summed E-state index contributed by atoms with van der Waals surface area (Å²) in [6, 6.07) is 16.5. The summed E-state index contributed by atoms with van der Waals surface area (Å²) in [6.07, 6.45) is 0.682. The minimum Gasteiger partial charge on any atom is -0.332 e. The van der Waals surface area contributed by atoms with Crippen LogP contribution in [0.4, 0.5) is 10.5 Å². The molecule has 0 saturated heterocycles. The minimum absolute atomic E-state index is 0.196. The molecule has 0 fully saturated rings. The Labute approximate surface area is 183 Å². The SMILES string of the molecule is Cn1nc(-c2nc(-c3ccccc3)no2)c2c1CCN(C(=O)Nc1cccc(Cl)c1)C2. The molecule has 9 heteroatoms. The van der Waals surface area contributed by atoms with Crippen LogP contribution in [0.25, 0.3) is 23.0 Å². The zero-order valence-corrected chi connectivity index (χ0v) is 17.5. The predicted octanol–water partition coefficient (Wildman–Crippen LogP) is 4.38. The average molecular weight is 435 g/mol. The summed E-state index contributed by atoms with van der Waals surface area (Å²) >= 11 is 6.02. The van der Waals surface area contributed by atoms with Gasteiger partial charge in [-0.2, -0.15) is 10.1 Å². The van der Waals surface area contributed by atoms with E-state index in [1.54, 1.807) is 29.2 Å². The first-order valence-electron chi connectivity index (χ1n) is 9.84. The number of hydrogen-bond acceptors (Lipinski definition) is 5. The van der Waals surface area contributed by atoms with Crippen molar-refractivity contribution in [1.82, 2.24) is 24.8 Å². The van der Waals surface area contributed by atoms with Crippen LogP contribution in [-0.4, -0.2) is 37.4 Å². The number of aryl methyl sites for hydroxylation is 1. The van der Waals surface area contributed by atoms with Crippen molar-refractivity contribution in [1.29, 1.82) is 0 Å². The van der Waals surface area contributed by atoms with Gasteiger partial charge in [0.25, 0.3) is 5.89 Å². The van der Waals surface area contributed by atoms with Gasteiger partial charge in [-0.25, -0.2) is 4.79 Å². The van der Waals surface area contributed by atoms with Crippen LogP contribution in [-0.2, 0) is 20.0 Å². The summed E-state index contributed by atoms with van der Waals surface area (Å²) in [6.45, 7) is 0.978. The fourth-order valence-corrected chi connectivity index (χ4v) is 3.92. The lowest BCUT2D eigenvalue weighted by molar-refractivity contribution is 0.206. The molecule has 31 heavy (non-hydrogen) atoms. The predicted molar refractivity (Wildman–Crippen MR) is 117 cm³/mol. The van der Waals surface area contributed by atoms with Crippen LogP contribution >= 0.6 is 11.6 Å². The Hall–Kier alpha value is -3.65. The second-order valence-electron chi connectivity index (χ2n) is 7.30. The minimum atomic E-state index is -0.196. The molecule has 0 unspecified atom stereocenters. The van der Waals surface area contributed by atoms with E-state index in [-0.39, 0.29) is 6.03 Å². The van der Waals surface area contributed by atoms with Crippen molar-refractivity contribution in [3.8, 4) is 23.0 Å². The Balaban J connectivity index is 1.40. The van der Waals surface area contributed by atoms with Crippen molar-refractivity contribution >= 4 is 23.3 Å². The molecule has 1 aliphatic rings. The molecule has 1 N–H and O–H groups in total. The number of rotatable bonds is 3. The first-order chi connectivity index (χ1) is 15.1. The van der Waals surface area contributed by atoms with Crippen molar-refractivity contribution in [3.63, 3.8) is 0 Å². The number of amides is 2. The van der Waals surface area contributed by atoms with Gasteiger partial charge in [0.05, 0.1) is 6.54 Å². The van der Waals surface area contributed by atoms with E-state index in [1.807, 2.05) is 42.1 Å². The highest BCUT2D eigenvalue weighted by Gasteiger charge is 2.29. The third-order valence-corrected chi connectivity index (χ3v) is 5.50.